The summed E-state index contributed by atoms with van der Waals surface area (Å²) < 4.78 is 30.0. The first-order valence-electron chi connectivity index (χ1n) is 9.67. The molecule has 0 unspecified atom stereocenters. The van der Waals surface area contributed by atoms with Crippen molar-refractivity contribution in [2.75, 3.05) is 19.8 Å². The molecule has 2 amide bonds. The van der Waals surface area contributed by atoms with Crippen molar-refractivity contribution in [3.05, 3.63) is 71.5 Å². The Kier molecular flexibility index (Phi) is 5.60. The number of ether oxygens (including phenoxy) is 3. The lowest BCUT2D eigenvalue weighted by atomic mass is 9.99. The molecule has 7 heteroatoms. The molecule has 2 aliphatic rings. The first-order valence-corrected chi connectivity index (χ1v) is 9.67. The van der Waals surface area contributed by atoms with Gasteiger partial charge in [-0.05, 0) is 24.1 Å². The summed E-state index contributed by atoms with van der Waals surface area (Å²) in [7, 11) is 0. The molecule has 0 radical (unpaired) electrons. The quantitative estimate of drug-likeness (QED) is 0.737. The second-order valence-electron chi connectivity index (χ2n) is 7.08. The van der Waals surface area contributed by atoms with Crippen molar-refractivity contribution in [2.24, 2.45) is 0 Å². The Morgan fingerprint density at radius 3 is 2.45 bits per heavy atom. The second-order valence-corrected chi connectivity index (χ2v) is 7.08. The molecule has 0 bridgehead atoms. The van der Waals surface area contributed by atoms with E-state index in [4.69, 9.17) is 14.2 Å². The fourth-order valence-electron chi connectivity index (χ4n) is 3.82. The Morgan fingerprint density at radius 2 is 1.76 bits per heavy atom. The molecule has 4 rings (SSSR count). The third-order valence-corrected chi connectivity index (χ3v) is 5.26. The van der Waals surface area contributed by atoms with Crippen LogP contribution in [0.15, 0.2) is 54.6 Å². The number of imide groups is 1. The van der Waals surface area contributed by atoms with Crippen molar-refractivity contribution in [3.63, 3.8) is 0 Å². The highest BCUT2D eigenvalue weighted by Gasteiger charge is 2.41. The van der Waals surface area contributed by atoms with Gasteiger partial charge in [0.15, 0.2) is 5.79 Å². The van der Waals surface area contributed by atoms with Crippen LogP contribution in [-0.2, 0) is 24.8 Å². The Balaban J connectivity index is 1.42. The number of carbonyl (C=O) groups excluding carboxylic acids is 2. The minimum atomic E-state index is -0.988. The lowest BCUT2D eigenvalue weighted by molar-refractivity contribution is -0.172. The van der Waals surface area contributed by atoms with Crippen LogP contribution in [0.3, 0.4) is 0 Å². The van der Waals surface area contributed by atoms with Crippen LogP contribution < -0.4 is 0 Å². The van der Waals surface area contributed by atoms with Gasteiger partial charge >= 0.3 is 6.09 Å². The van der Waals surface area contributed by atoms with Crippen LogP contribution in [0.1, 0.15) is 36.4 Å². The van der Waals surface area contributed by atoms with Crippen LogP contribution in [0.2, 0.25) is 0 Å². The minimum absolute atomic E-state index is 0.147. The number of halogens is 1. The highest BCUT2D eigenvalue weighted by Crippen LogP contribution is 2.37. The molecule has 0 N–H and O–H groups in total. The third-order valence-electron chi connectivity index (χ3n) is 5.26. The molecule has 2 aromatic carbocycles. The van der Waals surface area contributed by atoms with Gasteiger partial charge in [0.2, 0.25) is 5.91 Å². The number of carbonyl (C=O) groups is 2. The number of cyclic esters (lactones) is 1. The number of hydrogen-bond donors (Lipinski definition) is 0. The van der Waals surface area contributed by atoms with Crippen molar-refractivity contribution in [1.82, 2.24) is 4.90 Å². The van der Waals surface area contributed by atoms with E-state index in [2.05, 4.69) is 0 Å². The SMILES string of the molecule is O=C(CCCC1(c2ccc(F)cc2)OCCO1)N1C(=O)OC[C@@H]1c1ccccc1. The maximum atomic E-state index is 13.3. The van der Waals surface area contributed by atoms with Crippen LogP contribution in [0.4, 0.5) is 9.18 Å². The monoisotopic (exact) mass is 399 g/mol. The highest BCUT2D eigenvalue weighted by molar-refractivity contribution is 5.93. The predicted octanol–water partition coefficient (Wildman–Crippen LogP) is 3.92. The van der Waals surface area contributed by atoms with Crippen molar-refractivity contribution in [1.29, 1.82) is 0 Å². The van der Waals surface area contributed by atoms with Gasteiger partial charge in [-0.1, -0.05) is 42.5 Å². The maximum Gasteiger partial charge on any atom is 0.417 e. The van der Waals surface area contributed by atoms with E-state index in [0.717, 1.165) is 5.56 Å². The first kappa shape index (κ1) is 19.5. The van der Waals surface area contributed by atoms with Gasteiger partial charge < -0.3 is 14.2 Å². The molecule has 0 spiro atoms. The topological polar surface area (TPSA) is 65.1 Å². The Labute approximate surface area is 168 Å². The molecular formula is C22H22FNO5. The summed E-state index contributed by atoms with van der Waals surface area (Å²) in [5.74, 6) is -1.62. The number of hydrogen-bond acceptors (Lipinski definition) is 5. The standard InChI is InChI=1S/C22H22FNO5/c23-18-10-8-17(9-11-18)22(28-13-14-29-22)12-4-7-20(25)24-19(15-27-21(24)26)16-5-2-1-3-6-16/h1-3,5-6,8-11,19H,4,7,12-15H2/t19-/m1/s1. The molecule has 2 aromatic rings. The molecular weight excluding hydrogens is 377 g/mol. The molecule has 2 saturated heterocycles. The van der Waals surface area contributed by atoms with E-state index in [1.54, 1.807) is 12.1 Å². The lowest BCUT2D eigenvalue weighted by Gasteiger charge is -2.28. The zero-order chi connectivity index (χ0) is 20.3. The summed E-state index contributed by atoms with van der Waals surface area (Å²) in [5.41, 5.74) is 1.57. The molecule has 2 heterocycles. The number of rotatable bonds is 6. The van der Waals surface area contributed by atoms with Crippen molar-refractivity contribution in [2.45, 2.75) is 31.1 Å². The zero-order valence-corrected chi connectivity index (χ0v) is 15.9. The van der Waals surface area contributed by atoms with Crippen LogP contribution in [0.25, 0.3) is 0 Å². The summed E-state index contributed by atoms with van der Waals surface area (Å²) in [6.07, 6.45) is 0.393. The van der Waals surface area contributed by atoms with Crippen LogP contribution >= 0.6 is 0 Å². The fraction of sp³-hybridized carbons (Fsp3) is 0.364. The second kappa shape index (κ2) is 8.31. The molecule has 152 valence electrons. The first-order chi connectivity index (χ1) is 14.1. The normalized spacial score (nSPS) is 20.7. The highest BCUT2D eigenvalue weighted by atomic mass is 19.1. The van der Waals surface area contributed by atoms with Gasteiger partial charge in [-0.2, -0.15) is 0 Å². The summed E-state index contributed by atoms with van der Waals surface area (Å²) in [6, 6.07) is 14.9. The van der Waals surface area contributed by atoms with E-state index in [0.29, 0.717) is 31.6 Å². The zero-order valence-electron chi connectivity index (χ0n) is 15.9. The van der Waals surface area contributed by atoms with E-state index in [1.165, 1.54) is 17.0 Å². The van der Waals surface area contributed by atoms with E-state index in [1.807, 2.05) is 30.3 Å². The molecule has 2 fully saturated rings. The lowest BCUT2D eigenvalue weighted by Crippen LogP contribution is -2.34. The molecule has 0 aromatic heterocycles. The van der Waals surface area contributed by atoms with Gasteiger partial charge in [0, 0.05) is 18.4 Å². The number of nitrogens with zero attached hydrogens (tertiary/aromatic N) is 1. The van der Waals surface area contributed by atoms with E-state index >= 15 is 0 Å². The van der Waals surface area contributed by atoms with Gasteiger partial charge in [0.05, 0.1) is 13.2 Å². The molecule has 6 nitrogen and oxygen atoms in total. The Hall–Kier alpha value is -2.77. The largest absolute Gasteiger partial charge is 0.446 e. The Morgan fingerprint density at radius 1 is 1.07 bits per heavy atom. The van der Waals surface area contributed by atoms with Crippen molar-refractivity contribution in [3.8, 4) is 0 Å². The molecule has 2 aliphatic heterocycles. The van der Waals surface area contributed by atoms with Gasteiger partial charge in [-0.3, -0.25) is 4.79 Å². The number of amides is 2. The fourth-order valence-corrected chi connectivity index (χ4v) is 3.82. The minimum Gasteiger partial charge on any atom is -0.446 e. The molecule has 1 atom stereocenters. The smallest absolute Gasteiger partial charge is 0.417 e. The van der Waals surface area contributed by atoms with E-state index in [9.17, 15) is 14.0 Å². The molecule has 0 saturated carbocycles. The molecule has 29 heavy (non-hydrogen) atoms. The summed E-state index contributed by atoms with van der Waals surface area (Å²) in [6.45, 7) is 1.01. The van der Waals surface area contributed by atoms with Crippen molar-refractivity contribution < 1.29 is 28.2 Å². The van der Waals surface area contributed by atoms with Gasteiger partial charge in [0.1, 0.15) is 18.5 Å². The third kappa shape index (κ3) is 4.02. The maximum absolute atomic E-state index is 13.3. The van der Waals surface area contributed by atoms with Gasteiger partial charge in [0.25, 0.3) is 0 Å². The predicted molar refractivity (Wildman–Crippen MR) is 101 cm³/mol. The van der Waals surface area contributed by atoms with Crippen molar-refractivity contribution >= 4 is 12.0 Å². The average Bonchev–Trinajstić information content (AvgIpc) is 3.37. The average molecular weight is 399 g/mol. The van der Waals surface area contributed by atoms with Crippen LogP contribution in [-0.4, -0.2) is 36.7 Å². The molecule has 0 aliphatic carbocycles. The summed E-state index contributed by atoms with van der Waals surface area (Å²) in [5, 5.41) is 0. The summed E-state index contributed by atoms with van der Waals surface area (Å²) >= 11 is 0. The van der Waals surface area contributed by atoms with Gasteiger partial charge in [-0.25, -0.2) is 14.1 Å². The van der Waals surface area contributed by atoms with E-state index < -0.39 is 17.9 Å². The number of benzene rings is 2. The van der Waals surface area contributed by atoms with Crippen LogP contribution in [0.5, 0.6) is 0 Å². The van der Waals surface area contributed by atoms with Gasteiger partial charge in [-0.15, -0.1) is 0 Å². The Bertz CT molecular complexity index is 865. The van der Waals surface area contributed by atoms with E-state index in [-0.39, 0.29) is 24.8 Å². The summed E-state index contributed by atoms with van der Waals surface area (Å²) in [4.78, 5) is 26.1. The van der Waals surface area contributed by atoms with Crippen LogP contribution in [0, 0.1) is 5.82 Å².